The molecule has 0 aliphatic rings. The molecule has 0 bridgehead atoms. The second-order valence-corrected chi connectivity index (χ2v) is 6.75. The Morgan fingerprint density at radius 3 is 2.83 bits per heavy atom. The van der Waals surface area contributed by atoms with Gasteiger partial charge in [-0.3, -0.25) is 9.59 Å². The fourth-order valence-corrected chi connectivity index (χ4v) is 3.03. The van der Waals surface area contributed by atoms with Crippen molar-refractivity contribution in [3.05, 3.63) is 73.9 Å². The van der Waals surface area contributed by atoms with E-state index >= 15 is 0 Å². The van der Waals surface area contributed by atoms with E-state index in [-0.39, 0.29) is 17.9 Å². The first-order chi connectivity index (χ1) is 11.5. The second-order valence-electron chi connectivity index (χ2n) is 5.43. The van der Waals surface area contributed by atoms with Crippen LogP contribution >= 0.6 is 27.5 Å². The SMILES string of the molecule is Cc1c(Cl)cccc1NC(=O)Cn1ccc(=O)c2ccc(Br)cc21. The van der Waals surface area contributed by atoms with Gasteiger partial charge in [0.2, 0.25) is 5.91 Å². The first-order valence-electron chi connectivity index (χ1n) is 7.29. The lowest BCUT2D eigenvalue weighted by atomic mass is 10.2. The number of anilines is 1. The summed E-state index contributed by atoms with van der Waals surface area (Å²) in [6, 6.07) is 12.2. The maximum Gasteiger partial charge on any atom is 0.244 e. The highest BCUT2D eigenvalue weighted by Crippen LogP contribution is 2.23. The van der Waals surface area contributed by atoms with Crippen molar-refractivity contribution in [2.45, 2.75) is 13.5 Å². The molecular formula is C18H14BrClN2O2. The average Bonchev–Trinajstić information content (AvgIpc) is 2.54. The molecular weight excluding hydrogens is 392 g/mol. The van der Waals surface area contributed by atoms with E-state index in [1.54, 1.807) is 35.0 Å². The molecule has 1 heterocycles. The second kappa shape index (κ2) is 6.79. The molecule has 0 saturated heterocycles. The van der Waals surface area contributed by atoms with Crippen LogP contribution in [0.4, 0.5) is 5.69 Å². The van der Waals surface area contributed by atoms with E-state index in [9.17, 15) is 9.59 Å². The number of nitrogens with zero attached hydrogens (tertiary/aromatic N) is 1. The summed E-state index contributed by atoms with van der Waals surface area (Å²) >= 11 is 9.47. The van der Waals surface area contributed by atoms with Gasteiger partial charge in [-0.2, -0.15) is 0 Å². The van der Waals surface area contributed by atoms with Crippen LogP contribution in [0.5, 0.6) is 0 Å². The van der Waals surface area contributed by atoms with Crippen LogP contribution in [-0.4, -0.2) is 10.5 Å². The number of carbonyl (C=O) groups is 1. The zero-order chi connectivity index (χ0) is 17.3. The Balaban J connectivity index is 1.91. The molecule has 0 saturated carbocycles. The molecule has 0 aliphatic carbocycles. The summed E-state index contributed by atoms with van der Waals surface area (Å²) < 4.78 is 2.59. The highest BCUT2D eigenvalue weighted by Gasteiger charge is 2.10. The molecule has 4 nitrogen and oxygen atoms in total. The number of aromatic nitrogens is 1. The lowest BCUT2D eigenvalue weighted by molar-refractivity contribution is -0.116. The molecule has 2 aromatic carbocycles. The van der Waals surface area contributed by atoms with Crippen LogP contribution in [0.15, 0.2) is 57.9 Å². The molecule has 0 fully saturated rings. The average molecular weight is 406 g/mol. The van der Waals surface area contributed by atoms with Gasteiger partial charge < -0.3 is 9.88 Å². The van der Waals surface area contributed by atoms with Crippen molar-refractivity contribution in [3.8, 4) is 0 Å². The Morgan fingerprint density at radius 2 is 2.04 bits per heavy atom. The fraction of sp³-hybridized carbons (Fsp3) is 0.111. The van der Waals surface area contributed by atoms with Gasteiger partial charge in [-0.15, -0.1) is 0 Å². The maximum absolute atomic E-state index is 12.4. The number of rotatable bonds is 3. The van der Waals surface area contributed by atoms with Gasteiger partial charge in [0.05, 0.1) is 5.52 Å². The van der Waals surface area contributed by atoms with Crippen molar-refractivity contribution in [2.75, 3.05) is 5.32 Å². The van der Waals surface area contributed by atoms with Crippen LogP contribution in [0.25, 0.3) is 10.9 Å². The molecule has 1 amide bonds. The summed E-state index contributed by atoms with van der Waals surface area (Å²) in [5, 5.41) is 4.04. The molecule has 0 atom stereocenters. The van der Waals surface area contributed by atoms with Gasteiger partial charge in [0.15, 0.2) is 5.43 Å². The third-order valence-corrected chi connectivity index (χ3v) is 4.70. The van der Waals surface area contributed by atoms with Crippen LogP contribution in [0.2, 0.25) is 5.02 Å². The maximum atomic E-state index is 12.4. The summed E-state index contributed by atoms with van der Waals surface area (Å²) in [5.74, 6) is -0.190. The van der Waals surface area contributed by atoms with E-state index in [0.29, 0.717) is 21.6 Å². The Kier molecular flexibility index (Phi) is 4.73. The Labute approximate surface area is 152 Å². The highest BCUT2D eigenvalue weighted by atomic mass is 79.9. The molecule has 1 aromatic heterocycles. The standard InChI is InChI=1S/C18H14BrClN2O2/c1-11-14(20)3-2-4-15(11)21-18(24)10-22-8-7-17(23)13-6-5-12(19)9-16(13)22/h2-9H,10H2,1H3,(H,21,24). The van der Waals surface area contributed by atoms with Crippen LogP contribution in [-0.2, 0) is 11.3 Å². The minimum absolute atomic E-state index is 0.0696. The van der Waals surface area contributed by atoms with Crippen LogP contribution in [0, 0.1) is 6.92 Å². The number of pyridine rings is 1. The molecule has 3 aromatic rings. The number of halogens is 2. The monoisotopic (exact) mass is 404 g/mol. The molecule has 24 heavy (non-hydrogen) atoms. The van der Waals surface area contributed by atoms with Gasteiger partial charge in [-0.1, -0.05) is 33.6 Å². The number of hydrogen-bond donors (Lipinski definition) is 1. The topological polar surface area (TPSA) is 51.1 Å². The third kappa shape index (κ3) is 3.37. The van der Waals surface area contributed by atoms with Gasteiger partial charge in [-0.25, -0.2) is 0 Å². The summed E-state index contributed by atoms with van der Waals surface area (Å²) in [6.07, 6.45) is 1.63. The van der Waals surface area contributed by atoms with Crippen molar-refractivity contribution < 1.29 is 4.79 Å². The molecule has 122 valence electrons. The number of nitrogens with one attached hydrogen (secondary N) is 1. The highest BCUT2D eigenvalue weighted by molar-refractivity contribution is 9.10. The first kappa shape index (κ1) is 16.7. The number of amides is 1. The summed E-state index contributed by atoms with van der Waals surface area (Å²) in [4.78, 5) is 24.4. The van der Waals surface area contributed by atoms with Crippen LogP contribution in [0.1, 0.15) is 5.56 Å². The molecule has 0 unspecified atom stereocenters. The lowest BCUT2D eigenvalue weighted by Gasteiger charge is -2.13. The molecule has 0 spiro atoms. The van der Waals surface area contributed by atoms with E-state index in [1.165, 1.54) is 6.07 Å². The molecule has 0 aliphatic heterocycles. The number of carbonyl (C=O) groups excluding carboxylic acids is 1. The zero-order valence-electron chi connectivity index (χ0n) is 12.8. The third-order valence-electron chi connectivity index (χ3n) is 3.80. The zero-order valence-corrected chi connectivity index (χ0v) is 15.2. The normalized spacial score (nSPS) is 10.8. The van der Waals surface area contributed by atoms with Crippen molar-refractivity contribution in [2.24, 2.45) is 0 Å². The van der Waals surface area contributed by atoms with Gasteiger partial charge in [-0.05, 0) is 42.8 Å². The predicted molar refractivity (Wildman–Crippen MR) is 101 cm³/mol. The number of fused-ring (bicyclic) bond motifs is 1. The van der Waals surface area contributed by atoms with Gasteiger partial charge >= 0.3 is 0 Å². The Morgan fingerprint density at radius 1 is 1.25 bits per heavy atom. The van der Waals surface area contributed by atoms with E-state index < -0.39 is 0 Å². The van der Waals surface area contributed by atoms with Crippen LogP contribution < -0.4 is 10.7 Å². The summed E-state index contributed by atoms with van der Waals surface area (Å²) in [6.45, 7) is 1.95. The van der Waals surface area contributed by atoms with Crippen molar-refractivity contribution >= 4 is 50.0 Å². The summed E-state index contributed by atoms with van der Waals surface area (Å²) in [5.41, 5.74) is 2.13. The Bertz CT molecular complexity index is 998. The summed E-state index contributed by atoms with van der Waals surface area (Å²) in [7, 11) is 0. The first-order valence-corrected chi connectivity index (χ1v) is 8.46. The molecule has 6 heteroatoms. The molecule has 3 rings (SSSR count). The van der Waals surface area contributed by atoms with E-state index in [0.717, 1.165) is 10.0 Å². The smallest absolute Gasteiger partial charge is 0.244 e. The fourth-order valence-electron chi connectivity index (χ4n) is 2.50. The van der Waals surface area contributed by atoms with E-state index in [2.05, 4.69) is 21.2 Å². The van der Waals surface area contributed by atoms with Crippen LogP contribution in [0.3, 0.4) is 0 Å². The van der Waals surface area contributed by atoms with Crippen molar-refractivity contribution in [1.82, 2.24) is 4.57 Å². The van der Waals surface area contributed by atoms with Gasteiger partial charge in [0.25, 0.3) is 0 Å². The number of hydrogen-bond acceptors (Lipinski definition) is 2. The van der Waals surface area contributed by atoms with Crippen molar-refractivity contribution in [3.63, 3.8) is 0 Å². The Hall–Kier alpha value is -2.11. The number of benzene rings is 2. The molecule has 0 radical (unpaired) electrons. The van der Waals surface area contributed by atoms with Crippen molar-refractivity contribution in [1.29, 1.82) is 0 Å². The van der Waals surface area contributed by atoms with E-state index in [1.807, 2.05) is 19.1 Å². The minimum atomic E-state index is -0.190. The lowest BCUT2D eigenvalue weighted by Crippen LogP contribution is -2.20. The van der Waals surface area contributed by atoms with Gasteiger partial charge in [0, 0.05) is 32.8 Å². The van der Waals surface area contributed by atoms with Gasteiger partial charge in [0.1, 0.15) is 6.54 Å². The minimum Gasteiger partial charge on any atom is -0.338 e. The quantitative estimate of drug-likeness (QED) is 0.704. The predicted octanol–water partition coefficient (Wildman–Crippen LogP) is 4.36. The largest absolute Gasteiger partial charge is 0.338 e. The van der Waals surface area contributed by atoms with E-state index in [4.69, 9.17) is 11.6 Å². The molecule has 1 N–H and O–H groups in total.